The number of carbonyl (C=O) groups is 4. The molecule has 0 bridgehead atoms. The Bertz CT molecular complexity index is 1530. The van der Waals surface area contributed by atoms with Crippen LogP contribution in [-0.4, -0.2) is 56.7 Å². The highest BCUT2D eigenvalue weighted by Gasteiger charge is 2.32. The van der Waals surface area contributed by atoms with Crippen molar-refractivity contribution in [3.63, 3.8) is 0 Å². The Balaban J connectivity index is 1.74. The minimum absolute atomic E-state index is 0.0459. The van der Waals surface area contributed by atoms with Crippen LogP contribution >= 0.6 is 0 Å². The molecule has 0 spiro atoms. The predicted octanol–water partition coefficient (Wildman–Crippen LogP) is 4.70. The number of nitrogens with one attached hydrogen (secondary N) is 3. The van der Waals surface area contributed by atoms with Gasteiger partial charge in [0.25, 0.3) is 0 Å². The van der Waals surface area contributed by atoms with Crippen LogP contribution in [0.4, 0.5) is 0 Å². The molecule has 1 aromatic rings. The van der Waals surface area contributed by atoms with Gasteiger partial charge < -0.3 is 25.8 Å². The van der Waals surface area contributed by atoms with Gasteiger partial charge in [0, 0.05) is 53.9 Å². The summed E-state index contributed by atoms with van der Waals surface area (Å²) < 4.78 is 0. The van der Waals surface area contributed by atoms with Crippen molar-refractivity contribution in [1.82, 2.24) is 15.6 Å². The number of aliphatic carboxylic acids is 2. The number of carboxylic acids is 2. The lowest BCUT2D eigenvalue weighted by atomic mass is 9.95. The number of H-pyrrole nitrogens is 1. The minimum Gasteiger partial charge on any atom is -0.481 e. The Kier molecular flexibility index (Phi) is 9.57. The second-order valence-corrected chi connectivity index (χ2v) is 11.6. The van der Waals surface area contributed by atoms with E-state index in [1.165, 1.54) is 0 Å². The van der Waals surface area contributed by atoms with Crippen LogP contribution in [0.3, 0.4) is 0 Å². The molecule has 3 aliphatic rings. The highest BCUT2D eigenvalue weighted by Crippen LogP contribution is 2.35. The van der Waals surface area contributed by atoms with Crippen molar-refractivity contribution >= 4 is 35.5 Å². The molecule has 2 atom stereocenters. The van der Waals surface area contributed by atoms with Gasteiger partial charge in [0.2, 0.25) is 11.8 Å². The van der Waals surface area contributed by atoms with E-state index < -0.39 is 11.9 Å². The van der Waals surface area contributed by atoms with Crippen LogP contribution in [0.15, 0.2) is 44.1 Å². The fourth-order valence-corrected chi connectivity index (χ4v) is 6.49. The summed E-state index contributed by atoms with van der Waals surface area (Å²) in [7, 11) is 0. The standard InChI is InChI=1S/C33H42N4O6/c1-7-20-19(6)32(42)37-27(20)14-25-18(5)23(10-12-31(40)41)29(35-25)15-28-22(9-11-30(38)39)17(4)24(34-28)13-26-16(3)21(8-2)33(43)36-26/h15,26-27,35H,7-14H2,1-6H3,(H,36,43)(H,37,42)(H,38,39)(H,40,41)/b28-15-. The van der Waals surface area contributed by atoms with Gasteiger partial charge in [0.1, 0.15) is 0 Å². The Hall–Kier alpha value is -4.21. The third-order valence-electron chi connectivity index (χ3n) is 9.09. The maximum absolute atomic E-state index is 12.4. The lowest BCUT2D eigenvalue weighted by Crippen LogP contribution is -2.31. The molecule has 10 nitrogen and oxygen atoms in total. The molecule has 5 N–H and O–H groups in total. The number of carboxylic acid groups (broad SMARTS) is 2. The molecule has 10 heteroatoms. The lowest BCUT2D eigenvalue weighted by molar-refractivity contribution is -0.138. The van der Waals surface area contributed by atoms with Crippen LogP contribution in [0.2, 0.25) is 0 Å². The summed E-state index contributed by atoms with van der Waals surface area (Å²) in [6.07, 6.45) is 4.84. The van der Waals surface area contributed by atoms with Crippen molar-refractivity contribution < 1.29 is 29.4 Å². The second-order valence-electron chi connectivity index (χ2n) is 11.6. The first kappa shape index (κ1) is 31.7. The summed E-state index contributed by atoms with van der Waals surface area (Å²) in [5.74, 6) is -1.93. The first-order valence-corrected chi connectivity index (χ1v) is 15.0. The van der Waals surface area contributed by atoms with Crippen molar-refractivity contribution in [2.75, 3.05) is 0 Å². The third-order valence-corrected chi connectivity index (χ3v) is 9.09. The van der Waals surface area contributed by atoms with Crippen LogP contribution in [0, 0.1) is 6.92 Å². The minimum atomic E-state index is -0.906. The van der Waals surface area contributed by atoms with E-state index in [0.717, 1.165) is 68.1 Å². The average molecular weight is 591 g/mol. The van der Waals surface area contributed by atoms with Gasteiger partial charge in [-0.1, -0.05) is 13.8 Å². The van der Waals surface area contributed by atoms with Gasteiger partial charge in [-0.3, -0.25) is 24.2 Å². The number of aromatic amines is 1. The number of hydrogen-bond donors (Lipinski definition) is 5. The van der Waals surface area contributed by atoms with Crippen molar-refractivity contribution in [2.45, 2.75) is 105 Å². The van der Waals surface area contributed by atoms with Crippen molar-refractivity contribution in [1.29, 1.82) is 0 Å². The van der Waals surface area contributed by atoms with Crippen LogP contribution in [0.1, 0.15) is 95.7 Å². The van der Waals surface area contributed by atoms with Gasteiger partial charge in [0.05, 0.1) is 17.8 Å². The van der Waals surface area contributed by atoms with Gasteiger partial charge in [-0.25, -0.2) is 0 Å². The number of aromatic nitrogens is 1. The molecule has 0 saturated carbocycles. The average Bonchev–Trinajstić information content (AvgIpc) is 3.59. The van der Waals surface area contributed by atoms with Gasteiger partial charge in [-0.05, 0) is 92.9 Å². The Morgan fingerprint density at radius 1 is 0.837 bits per heavy atom. The molecule has 2 amide bonds. The molecule has 0 fully saturated rings. The zero-order chi connectivity index (χ0) is 31.6. The zero-order valence-corrected chi connectivity index (χ0v) is 25.9. The Morgan fingerprint density at radius 2 is 1.49 bits per heavy atom. The van der Waals surface area contributed by atoms with E-state index in [4.69, 9.17) is 4.99 Å². The summed E-state index contributed by atoms with van der Waals surface area (Å²) in [5, 5.41) is 25.0. The maximum Gasteiger partial charge on any atom is 0.303 e. The molecule has 230 valence electrons. The normalized spacial score (nSPS) is 21.3. The van der Waals surface area contributed by atoms with E-state index in [1.54, 1.807) is 0 Å². The third kappa shape index (κ3) is 6.58. The molecule has 4 heterocycles. The highest BCUT2D eigenvalue weighted by atomic mass is 16.4. The number of allylic oxidation sites excluding steroid dienone is 2. The molecule has 43 heavy (non-hydrogen) atoms. The van der Waals surface area contributed by atoms with Crippen LogP contribution in [0.5, 0.6) is 0 Å². The van der Waals surface area contributed by atoms with E-state index in [9.17, 15) is 29.4 Å². The van der Waals surface area contributed by atoms with E-state index >= 15 is 0 Å². The van der Waals surface area contributed by atoms with E-state index in [2.05, 4.69) is 15.6 Å². The number of carbonyl (C=O) groups excluding carboxylic acids is 2. The molecule has 0 radical (unpaired) electrons. The molecule has 3 aliphatic heterocycles. The van der Waals surface area contributed by atoms with E-state index in [1.807, 2.05) is 47.6 Å². The van der Waals surface area contributed by atoms with Crippen LogP contribution < -0.4 is 10.6 Å². The smallest absolute Gasteiger partial charge is 0.303 e. The SMILES string of the molecule is CCC1=C(C)C(CC2=N/C(=C\c3[nH]c(CC4NC(=O)C(C)=C4CC)c(C)c3CCC(=O)O)C(CCC(=O)O)=C2C)NC1=O. The largest absolute Gasteiger partial charge is 0.481 e. The van der Waals surface area contributed by atoms with E-state index in [-0.39, 0.29) is 36.7 Å². The van der Waals surface area contributed by atoms with Gasteiger partial charge in [0.15, 0.2) is 0 Å². The Morgan fingerprint density at radius 3 is 2.09 bits per heavy atom. The topological polar surface area (TPSA) is 161 Å². The van der Waals surface area contributed by atoms with Gasteiger partial charge in [-0.2, -0.15) is 0 Å². The van der Waals surface area contributed by atoms with Crippen molar-refractivity contribution in [3.8, 4) is 0 Å². The molecule has 4 rings (SSSR count). The summed E-state index contributed by atoms with van der Waals surface area (Å²) in [5.41, 5.74) is 10.2. The number of rotatable bonds is 13. The molecule has 2 unspecified atom stereocenters. The highest BCUT2D eigenvalue weighted by molar-refractivity contribution is 6.07. The molecule has 0 aliphatic carbocycles. The fourth-order valence-electron chi connectivity index (χ4n) is 6.49. The maximum atomic E-state index is 12.4. The van der Waals surface area contributed by atoms with Gasteiger partial charge in [-0.15, -0.1) is 0 Å². The van der Waals surface area contributed by atoms with E-state index in [0.29, 0.717) is 37.8 Å². The predicted molar refractivity (Wildman–Crippen MR) is 165 cm³/mol. The summed E-state index contributed by atoms with van der Waals surface area (Å²) in [6.45, 7) is 11.7. The number of amides is 2. The summed E-state index contributed by atoms with van der Waals surface area (Å²) in [4.78, 5) is 56.3. The number of nitrogens with zero attached hydrogens (tertiary/aromatic N) is 1. The summed E-state index contributed by atoms with van der Waals surface area (Å²) >= 11 is 0. The zero-order valence-electron chi connectivity index (χ0n) is 25.9. The van der Waals surface area contributed by atoms with Crippen molar-refractivity contribution in [2.24, 2.45) is 4.99 Å². The van der Waals surface area contributed by atoms with Crippen molar-refractivity contribution in [3.05, 3.63) is 61.7 Å². The lowest BCUT2D eigenvalue weighted by Gasteiger charge is -2.14. The van der Waals surface area contributed by atoms with Crippen LogP contribution in [-0.2, 0) is 32.0 Å². The number of hydrogen-bond acceptors (Lipinski definition) is 5. The summed E-state index contributed by atoms with van der Waals surface area (Å²) in [6, 6.07) is -0.314. The molecule has 0 saturated heterocycles. The quantitative estimate of drug-likeness (QED) is 0.224. The monoisotopic (exact) mass is 590 g/mol. The molecule has 0 aromatic carbocycles. The van der Waals surface area contributed by atoms with Crippen LogP contribution in [0.25, 0.3) is 6.08 Å². The first-order valence-electron chi connectivity index (χ1n) is 15.0. The Labute approximate surface area is 252 Å². The number of aliphatic imine (C=N–C) groups is 1. The first-order chi connectivity index (χ1) is 20.4. The van der Waals surface area contributed by atoms with Gasteiger partial charge >= 0.3 is 11.9 Å². The molecular formula is C33H42N4O6. The molecule has 1 aromatic heterocycles. The second kappa shape index (κ2) is 13.0. The molecular weight excluding hydrogens is 548 g/mol. The fraction of sp³-hybridized carbons (Fsp3) is 0.485.